The van der Waals surface area contributed by atoms with Crippen LogP contribution in [0.15, 0.2) is 45.3 Å². The van der Waals surface area contributed by atoms with Crippen LogP contribution in [0.5, 0.6) is 0 Å². The normalized spacial score (nSPS) is 10.3. The Hall–Kier alpha value is -1.40. The second-order valence-corrected chi connectivity index (χ2v) is 5.62. The Balaban J connectivity index is 2.28. The molecule has 19 heavy (non-hydrogen) atoms. The van der Waals surface area contributed by atoms with Gasteiger partial charge in [-0.05, 0) is 52.3 Å². The third kappa shape index (κ3) is 3.54. The predicted octanol–water partition coefficient (Wildman–Crippen LogP) is 4.19. The van der Waals surface area contributed by atoms with Gasteiger partial charge in [0.2, 0.25) is 0 Å². The molecule has 0 aliphatic heterocycles. The van der Waals surface area contributed by atoms with Crippen LogP contribution in [0.4, 0.5) is 15.8 Å². The van der Waals surface area contributed by atoms with E-state index in [1.54, 1.807) is 12.1 Å². The molecule has 0 bridgehead atoms. The van der Waals surface area contributed by atoms with Crippen molar-refractivity contribution in [3.8, 4) is 0 Å². The van der Waals surface area contributed by atoms with Gasteiger partial charge in [0.25, 0.3) is 5.91 Å². The van der Waals surface area contributed by atoms with Gasteiger partial charge in [-0.15, -0.1) is 0 Å². The number of carbonyl (C=O) groups excluding carboxylic acids is 1. The SMILES string of the molecule is Nc1cc(F)cc(C(=O)Nc2cc(Br)ccc2Br)c1. The molecule has 0 fully saturated rings. The predicted molar refractivity (Wildman–Crippen MR) is 80.6 cm³/mol. The van der Waals surface area contributed by atoms with Crippen LogP contribution in [0.25, 0.3) is 0 Å². The van der Waals surface area contributed by atoms with E-state index in [9.17, 15) is 9.18 Å². The molecular formula is C13H9Br2FN2O. The van der Waals surface area contributed by atoms with Crippen molar-refractivity contribution in [1.29, 1.82) is 0 Å². The largest absolute Gasteiger partial charge is 0.399 e. The zero-order valence-electron chi connectivity index (χ0n) is 9.58. The number of carbonyl (C=O) groups is 1. The first kappa shape index (κ1) is 14.0. The van der Waals surface area contributed by atoms with Crippen molar-refractivity contribution in [3.05, 3.63) is 56.7 Å². The second kappa shape index (κ2) is 5.71. The highest BCUT2D eigenvalue weighted by Gasteiger charge is 2.10. The molecule has 0 aromatic heterocycles. The number of hydrogen-bond donors (Lipinski definition) is 2. The van der Waals surface area contributed by atoms with Crippen LogP contribution in [0.1, 0.15) is 10.4 Å². The molecule has 0 heterocycles. The van der Waals surface area contributed by atoms with Crippen LogP contribution in [-0.2, 0) is 0 Å². The van der Waals surface area contributed by atoms with E-state index in [2.05, 4.69) is 37.2 Å². The Labute approximate surface area is 126 Å². The lowest BCUT2D eigenvalue weighted by molar-refractivity contribution is 0.102. The summed E-state index contributed by atoms with van der Waals surface area (Å²) in [5.41, 5.74) is 6.47. The lowest BCUT2D eigenvalue weighted by atomic mass is 10.2. The molecule has 0 aliphatic rings. The average molecular weight is 388 g/mol. The maximum Gasteiger partial charge on any atom is 0.255 e. The molecule has 2 rings (SSSR count). The molecule has 0 spiro atoms. The molecule has 0 saturated carbocycles. The van der Waals surface area contributed by atoms with Crippen LogP contribution in [-0.4, -0.2) is 5.91 Å². The van der Waals surface area contributed by atoms with Gasteiger partial charge < -0.3 is 11.1 Å². The van der Waals surface area contributed by atoms with E-state index in [0.717, 1.165) is 21.1 Å². The average Bonchev–Trinajstić information content (AvgIpc) is 2.32. The van der Waals surface area contributed by atoms with E-state index in [-0.39, 0.29) is 11.3 Å². The Bertz CT molecular complexity index is 626. The molecule has 0 saturated heterocycles. The van der Waals surface area contributed by atoms with Crippen LogP contribution in [0, 0.1) is 5.82 Å². The second-order valence-electron chi connectivity index (χ2n) is 3.85. The van der Waals surface area contributed by atoms with E-state index in [1.165, 1.54) is 6.07 Å². The van der Waals surface area contributed by atoms with Gasteiger partial charge >= 0.3 is 0 Å². The number of halogens is 3. The molecule has 3 nitrogen and oxygen atoms in total. The van der Waals surface area contributed by atoms with E-state index in [0.29, 0.717) is 5.69 Å². The summed E-state index contributed by atoms with van der Waals surface area (Å²) < 4.78 is 14.7. The van der Waals surface area contributed by atoms with Crippen molar-refractivity contribution in [1.82, 2.24) is 0 Å². The number of hydrogen-bond acceptors (Lipinski definition) is 2. The Kier molecular flexibility index (Phi) is 4.21. The lowest BCUT2D eigenvalue weighted by Gasteiger charge is -2.08. The molecule has 98 valence electrons. The fourth-order valence-corrected chi connectivity index (χ4v) is 2.24. The number of nitrogen functional groups attached to an aromatic ring is 1. The van der Waals surface area contributed by atoms with Crippen LogP contribution >= 0.6 is 31.9 Å². The van der Waals surface area contributed by atoms with Crippen LogP contribution in [0.3, 0.4) is 0 Å². The Morgan fingerprint density at radius 2 is 1.89 bits per heavy atom. The summed E-state index contributed by atoms with van der Waals surface area (Å²) in [6.07, 6.45) is 0. The number of rotatable bonds is 2. The monoisotopic (exact) mass is 386 g/mol. The maximum absolute atomic E-state index is 13.2. The zero-order valence-corrected chi connectivity index (χ0v) is 12.8. The summed E-state index contributed by atoms with van der Waals surface area (Å²) in [5.74, 6) is -0.969. The third-order valence-electron chi connectivity index (χ3n) is 2.36. The molecule has 0 aliphatic carbocycles. The van der Waals surface area contributed by atoms with Crippen LogP contribution < -0.4 is 11.1 Å². The highest BCUT2D eigenvalue weighted by atomic mass is 79.9. The van der Waals surface area contributed by atoms with Crippen molar-refractivity contribution >= 4 is 49.1 Å². The third-order valence-corrected chi connectivity index (χ3v) is 3.54. The van der Waals surface area contributed by atoms with Crippen molar-refractivity contribution in [2.24, 2.45) is 0 Å². The summed E-state index contributed by atoms with van der Waals surface area (Å²) >= 11 is 6.64. The van der Waals surface area contributed by atoms with Gasteiger partial charge in [0.05, 0.1) is 5.69 Å². The number of nitrogens with one attached hydrogen (secondary N) is 1. The lowest BCUT2D eigenvalue weighted by Crippen LogP contribution is -2.13. The summed E-state index contributed by atoms with van der Waals surface area (Å²) in [4.78, 5) is 12.0. The molecule has 3 N–H and O–H groups in total. The number of benzene rings is 2. The minimum atomic E-state index is -0.543. The topological polar surface area (TPSA) is 55.1 Å². The molecule has 6 heteroatoms. The first-order chi connectivity index (χ1) is 8.95. The molecular weight excluding hydrogens is 379 g/mol. The van der Waals surface area contributed by atoms with Gasteiger partial charge in [-0.3, -0.25) is 4.79 Å². The highest BCUT2D eigenvalue weighted by molar-refractivity contribution is 9.11. The Morgan fingerprint density at radius 3 is 2.58 bits per heavy atom. The maximum atomic E-state index is 13.2. The summed E-state index contributed by atoms with van der Waals surface area (Å²) in [5, 5.41) is 2.68. The molecule has 0 radical (unpaired) electrons. The molecule has 2 aromatic rings. The minimum Gasteiger partial charge on any atom is -0.399 e. The number of anilines is 2. The molecule has 0 unspecified atom stereocenters. The standard InChI is InChI=1S/C13H9Br2FN2O/c14-8-1-2-11(15)12(5-8)18-13(19)7-3-9(16)6-10(17)4-7/h1-6H,17H2,(H,18,19). The molecule has 2 aromatic carbocycles. The van der Waals surface area contributed by atoms with Crippen molar-refractivity contribution < 1.29 is 9.18 Å². The van der Waals surface area contributed by atoms with E-state index >= 15 is 0 Å². The zero-order chi connectivity index (χ0) is 14.0. The van der Waals surface area contributed by atoms with Gasteiger partial charge in [0, 0.05) is 20.2 Å². The summed E-state index contributed by atoms with van der Waals surface area (Å²) in [6.45, 7) is 0. The smallest absolute Gasteiger partial charge is 0.255 e. The van der Waals surface area contributed by atoms with Crippen molar-refractivity contribution in [2.45, 2.75) is 0 Å². The Morgan fingerprint density at radius 1 is 1.16 bits per heavy atom. The highest BCUT2D eigenvalue weighted by Crippen LogP contribution is 2.26. The quantitative estimate of drug-likeness (QED) is 0.759. The van der Waals surface area contributed by atoms with E-state index in [4.69, 9.17) is 5.73 Å². The van der Waals surface area contributed by atoms with E-state index in [1.807, 2.05) is 6.07 Å². The van der Waals surface area contributed by atoms with Crippen LogP contribution in [0.2, 0.25) is 0 Å². The fourth-order valence-electron chi connectivity index (χ4n) is 1.53. The van der Waals surface area contributed by atoms with Gasteiger partial charge in [0.1, 0.15) is 5.82 Å². The minimum absolute atomic E-state index is 0.171. The van der Waals surface area contributed by atoms with Gasteiger partial charge in [0.15, 0.2) is 0 Å². The van der Waals surface area contributed by atoms with Crippen molar-refractivity contribution in [3.63, 3.8) is 0 Å². The van der Waals surface area contributed by atoms with Gasteiger partial charge in [-0.2, -0.15) is 0 Å². The van der Waals surface area contributed by atoms with Crippen molar-refractivity contribution in [2.75, 3.05) is 11.1 Å². The fraction of sp³-hybridized carbons (Fsp3) is 0. The van der Waals surface area contributed by atoms with E-state index < -0.39 is 11.7 Å². The summed E-state index contributed by atoms with van der Waals surface area (Å²) in [7, 11) is 0. The summed E-state index contributed by atoms with van der Waals surface area (Å²) in [6, 6.07) is 9.08. The molecule has 0 atom stereocenters. The van der Waals surface area contributed by atoms with Gasteiger partial charge in [-0.1, -0.05) is 15.9 Å². The molecule has 1 amide bonds. The number of nitrogens with two attached hydrogens (primary N) is 1. The first-order valence-electron chi connectivity index (χ1n) is 5.28. The van der Waals surface area contributed by atoms with Gasteiger partial charge in [-0.25, -0.2) is 4.39 Å². The first-order valence-corrected chi connectivity index (χ1v) is 6.87. The number of amides is 1.